The molecular formula is C20H32N2O2. The van der Waals surface area contributed by atoms with Gasteiger partial charge in [0.2, 0.25) is 0 Å². The molecule has 0 aliphatic heterocycles. The fraction of sp³-hybridized carbons (Fsp3) is 0.850. The van der Waals surface area contributed by atoms with Crippen molar-refractivity contribution < 1.29 is 9.97 Å². The molecule has 4 heteroatoms. The van der Waals surface area contributed by atoms with Crippen LogP contribution < -0.4 is 10.6 Å². The summed E-state index contributed by atoms with van der Waals surface area (Å²) in [6, 6.07) is 0.200. The zero-order chi connectivity index (χ0) is 17.1. The van der Waals surface area contributed by atoms with E-state index in [9.17, 15) is 10.0 Å². The fourth-order valence-electron chi connectivity index (χ4n) is 7.16. The summed E-state index contributed by atoms with van der Waals surface area (Å²) in [6.45, 7) is 4.81. The minimum absolute atomic E-state index is 0.184. The number of hydrogen-bond donors (Lipinski definition) is 2. The summed E-state index contributed by atoms with van der Waals surface area (Å²) in [5.74, 6) is 2.48. The van der Waals surface area contributed by atoms with Gasteiger partial charge < -0.3 is 5.21 Å². The summed E-state index contributed by atoms with van der Waals surface area (Å²) < 4.78 is 0. The summed E-state index contributed by atoms with van der Waals surface area (Å²) in [6.07, 6.45) is 10.7. The Hall–Kier alpha value is -0.710. The third-order valence-corrected chi connectivity index (χ3v) is 8.52. The SMILES string of the molecule is CN[NH+]([O-])C1CCC2C3CCC4=CC(=O)CCC4(C)C3CCC21C. The van der Waals surface area contributed by atoms with E-state index in [0.29, 0.717) is 17.6 Å². The lowest BCUT2D eigenvalue weighted by Gasteiger charge is -2.58. The van der Waals surface area contributed by atoms with E-state index in [0.717, 1.165) is 31.6 Å². The number of carbonyl (C=O) groups is 1. The van der Waals surface area contributed by atoms with Crippen LogP contribution in [0.15, 0.2) is 11.6 Å². The molecule has 4 rings (SSSR count). The van der Waals surface area contributed by atoms with Crippen LogP contribution in [0.3, 0.4) is 0 Å². The number of rotatable bonds is 2. The van der Waals surface area contributed by atoms with Crippen LogP contribution >= 0.6 is 0 Å². The van der Waals surface area contributed by atoms with E-state index in [1.807, 2.05) is 6.08 Å². The van der Waals surface area contributed by atoms with Gasteiger partial charge in [-0.3, -0.25) is 9.97 Å². The van der Waals surface area contributed by atoms with Crippen molar-refractivity contribution in [1.82, 2.24) is 5.43 Å². The van der Waals surface area contributed by atoms with Crippen molar-refractivity contribution in [3.8, 4) is 0 Å². The smallest absolute Gasteiger partial charge is 0.155 e. The monoisotopic (exact) mass is 332 g/mol. The van der Waals surface area contributed by atoms with Gasteiger partial charge in [-0.2, -0.15) is 5.43 Å². The molecule has 0 bridgehead atoms. The van der Waals surface area contributed by atoms with Gasteiger partial charge in [0.1, 0.15) is 6.04 Å². The first-order valence-corrected chi connectivity index (χ1v) is 9.85. The molecular weight excluding hydrogens is 300 g/mol. The molecule has 24 heavy (non-hydrogen) atoms. The molecule has 0 radical (unpaired) electrons. The van der Waals surface area contributed by atoms with Crippen molar-refractivity contribution in [2.45, 2.75) is 71.3 Å². The Morgan fingerprint density at radius 1 is 1.12 bits per heavy atom. The molecule has 2 N–H and O–H groups in total. The van der Waals surface area contributed by atoms with Crippen molar-refractivity contribution in [3.05, 3.63) is 16.9 Å². The Morgan fingerprint density at radius 2 is 1.92 bits per heavy atom. The van der Waals surface area contributed by atoms with Gasteiger partial charge in [-0.25, -0.2) is 0 Å². The van der Waals surface area contributed by atoms with Crippen LogP contribution in [0.4, 0.5) is 0 Å². The van der Waals surface area contributed by atoms with E-state index in [1.165, 1.54) is 31.3 Å². The van der Waals surface area contributed by atoms with Crippen molar-refractivity contribution in [1.29, 1.82) is 0 Å². The number of hydroxylamine groups is 1. The van der Waals surface area contributed by atoms with E-state index < -0.39 is 0 Å². The van der Waals surface area contributed by atoms with Crippen molar-refractivity contribution in [2.24, 2.45) is 28.6 Å². The van der Waals surface area contributed by atoms with Crippen LogP contribution in [0.25, 0.3) is 0 Å². The van der Waals surface area contributed by atoms with Crippen molar-refractivity contribution >= 4 is 5.78 Å². The first-order chi connectivity index (χ1) is 11.4. The standard InChI is InChI=1S/C20H32N2O2/c1-19-10-8-14(23)12-13(19)4-5-15-16-6-7-18(22(24)21-3)20(16,2)11-9-17(15)19/h12,15-18,21-22H,4-11H2,1-3H3. The second-order valence-corrected chi connectivity index (χ2v) is 9.26. The molecule has 0 heterocycles. The number of fused-ring (bicyclic) bond motifs is 5. The van der Waals surface area contributed by atoms with Crippen LogP contribution in [0.2, 0.25) is 0 Å². The summed E-state index contributed by atoms with van der Waals surface area (Å²) >= 11 is 0. The van der Waals surface area contributed by atoms with Gasteiger partial charge in [0.15, 0.2) is 5.78 Å². The molecule has 0 aromatic carbocycles. The van der Waals surface area contributed by atoms with E-state index in [-0.39, 0.29) is 22.0 Å². The fourth-order valence-corrected chi connectivity index (χ4v) is 7.16. The number of ketones is 1. The van der Waals surface area contributed by atoms with Crippen LogP contribution in [-0.2, 0) is 4.79 Å². The average molecular weight is 332 g/mol. The molecule has 3 fully saturated rings. The molecule has 0 aromatic rings. The van der Waals surface area contributed by atoms with Gasteiger partial charge in [-0.15, -0.1) is 0 Å². The number of allylic oxidation sites excluding steroid dienone is 1. The second-order valence-electron chi connectivity index (χ2n) is 9.26. The molecule has 134 valence electrons. The number of carbonyl (C=O) groups excluding carboxylic acids is 1. The third kappa shape index (κ3) is 2.19. The summed E-state index contributed by atoms with van der Waals surface area (Å²) in [5.41, 5.74) is 4.77. The van der Waals surface area contributed by atoms with E-state index in [1.54, 1.807) is 7.05 Å². The zero-order valence-electron chi connectivity index (χ0n) is 15.4. The Morgan fingerprint density at radius 3 is 2.67 bits per heavy atom. The normalized spacial score (nSPS) is 49.0. The molecule has 7 atom stereocenters. The maximum absolute atomic E-state index is 12.4. The highest BCUT2D eigenvalue weighted by atomic mass is 16.5. The number of quaternary nitrogens is 1. The quantitative estimate of drug-likeness (QED) is 0.764. The summed E-state index contributed by atoms with van der Waals surface area (Å²) in [7, 11) is 1.78. The van der Waals surface area contributed by atoms with E-state index >= 15 is 0 Å². The molecule has 0 spiro atoms. The van der Waals surface area contributed by atoms with Crippen LogP contribution in [0, 0.1) is 33.8 Å². The predicted octanol–water partition coefficient (Wildman–Crippen LogP) is 2.40. The van der Waals surface area contributed by atoms with Crippen LogP contribution in [0.5, 0.6) is 0 Å². The summed E-state index contributed by atoms with van der Waals surface area (Å²) in [4.78, 5) is 11.9. The minimum atomic E-state index is 0.184. The molecule has 4 aliphatic carbocycles. The van der Waals surface area contributed by atoms with Gasteiger partial charge in [0.25, 0.3) is 0 Å². The largest absolute Gasteiger partial charge is 0.613 e. The highest BCUT2D eigenvalue weighted by Gasteiger charge is 2.60. The van der Waals surface area contributed by atoms with Gasteiger partial charge in [-0.1, -0.05) is 19.4 Å². The Balaban J connectivity index is 1.63. The number of nitrogens with one attached hydrogen (secondary N) is 2. The lowest BCUT2D eigenvalue weighted by atomic mass is 9.47. The first kappa shape index (κ1) is 16.7. The van der Waals surface area contributed by atoms with Crippen LogP contribution in [0.1, 0.15) is 65.2 Å². The molecule has 7 unspecified atom stereocenters. The molecule has 0 aromatic heterocycles. The van der Waals surface area contributed by atoms with Crippen LogP contribution in [-0.4, -0.2) is 18.9 Å². The second kappa shape index (κ2) is 5.65. The first-order valence-electron chi connectivity index (χ1n) is 9.85. The van der Waals surface area contributed by atoms with Gasteiger partial charge in [-0.05, 0) is 67.8 Å². The highest BCUT2D eigenvalue weighted by Crippen LogP contribution is 2.64. The maximum atomic E-state index is 12.4. The zero-order valence-corrected chi connectivity index (χ0v) is 15.4. The molecule has 4 nitrogen and oxygen atoms in total. The maximum Gasteiger partial charge on any atom is 0.155 e. The molecule has 0 amide bonds. The van der Waals surface area contributed by atoms with Gasteiger partial charge >= 0.3 is 0 Å². The predicted molar refractivity (Wildman–Crippen MR) is 93.9 cm³/mol. The summed E-state index contributed by atoms with van der Waals surface area (Å²) in [5, 5.41) is 12.7. The average Bonchev–Trinajstić information content (AvgIpc) is 2.92. The number of hydrogen-bond acceptors (Lipinski definition) is 3. The van der Waals surface area contributed by atoms with Crippen molar-refractivity contribution in [3.63, 3.8) is 0 Å². The lowest BCUT2D eigenvalue weighted by Crippen LogP contribution is -3.18. The van der Waals surface area contributed by atoms with E-state index in [2.05, 4.69) is 19.3 Å². The van der Waals surface area contributed by atoms with Gasteiger partial charge in [0.05, 0.1) is 0 Å². The molecule has 0 saturated heterocycles. The third-order valence-electron chi connectivity index (χ3n) is 8.52. The minimum Gasteiger partial charge on any atom is -0.613 e. The Kier molecular flexibility index (Phi) is 3.94. The molecule has 4 aliphatic rings. The lowest BCUT2D eigenvalue weighted by molar-refractivity contribution is -0.926. The van der Waals surface area contributed by atoms with E-state index in [4.69, 9.17) is 0 Å². The Labute approximate surface area is 145 Å². The highest BCUT2D eigenvalue weighted by molar-refractivity contribution is 5.91. The molecule has 3 saturated carbocycles. The Bertz CT molecular complexity index is 574. The topological polar surface area (TPSA) is 56.6 Å². The van der Waals surface area contributed by atoms with Crippen molar-refractivity contribution in [2.75, 3.05) is 7.05 Å². The van der Waals surface area contributed by atoms with Gasteiger partial charge in [0, 0.05) is 25.3 Å².